The number of rotatable bonds is 2. The first-order valence-electron chi connectivity index (χ1n) is 3.05. The molecule has 10 heavy (non-hydrogen) atoms. The zero-order valence-corrected chi connectivity index (χ0v) is 6.24. The van der Waals surface area contributed by atoms with Gasteiger partial charge in [0.05, 0.1) is 0 Å². The average molecular weight is 143 g/mol. The standard InChI is InChI=1S/C6H13N3O/c1-5(2)6(10)9(8)4-3-7/h3-5H,7-8H2,1-2H3/b4-3-. The molecule has 0 atom stereocenters. The fourth-order valence-electron chi connectivity index (χ4n) is 0.464. The smallest absolute Gasteiger partial charge is 0.243 e. The largest absolute Gasteiger partial charge is 0.403 e. The van der Waals surface area contributed by atoms with Crippen LogP contribution in [0.4, 0.5) is 0 Å². The van der Waals surface area contributed by atoms with Crippen LogP contribution in [-0.2, 0) is 4.79 Å². The molecular weight excluding hydrogens is 130 g/mol. The second-order valence-electron chi connectivity index (χ2n) is 2.24. The molecule has 0 aliphatic carbocycles. The lowest BCUT2D eigenvalue weighted by Crippen LogP contribution is -2.35. The van der Waals surface area contributed by atoms with E-state index in [1.807, 2.05) is 0 Å². The lowest BCUT2D eigenvalue weighted by atomic mass is 10.2. The Morgan fingerprint density at radius 3 is 2.40 bits per heavy atom. The molecule has 0 aliphatic rings. The number of hydrogen-bond donors (Lipinski definition) is 2. The van der Waals surface area contributed by atoms with Crippen LogP contribution in [0, 0.1) is 5.92 Å². The van der Waals surface area contributed by atoms with Crippen LogP contribution in [0.1, 0.15) is 13.8 Å². The van der Waals surface area contributed by atoms with Crippen molar-refractivity contribution in [3.63, 3.8) is 0 Å². The number of hydrazine groups is 1. The van der Waals surface area contributed by atoms with Crippen LogP contribution in [0.3, 0.4) is 0 Å². The summed E-state index contributed by atoms with van der Waals surface area (Å²) in [5, 5.41) is 0.977. The summed E-state index contributed by atoms with van der Waals surface area (Å²) < 4.78 is 0. The Hall–Kier alpha value is -1.03. The summed E-state index contributed by atoms with van der Waals surface area (Å²) in [5.74, 6) is 5.00. The maximum absolute atomic E-state index is 10.9. The zero-order chi connectivity index (χ0) is 8.15. The fraction of sp³-hybridized carbons (Fsp3) is 0.500. The monoisotopic (exact) mass is 143 g/mol. The number of hydrogen-bond acceptors (Lipinski definition) is 3. The van der Waals surface area contributed by atoms with Crippen LogP contribution in [0.15, 0.2) is 12.4 Å². The summed E-state index contributed by atoms with van der Waals surface area (Å²) in [6, 6.07) is 0. The van der Waals surface area contributed by atoms with Crippen molar-refractivity contribution in [1.82, 2.24) is 5.01 Å². The van der Waals surface area contributed by atoms with E-state index in [2.05, 4.69) is 0 Å². The van der Waals surface area contributed by atoms with Gasteiger partial charge in [-0.2, -0.15) is 0 Å². The Balaban J connectivity index is 3.95. The number of nitrogens with zero attached hydrogens (tertiary/aromatic N) is 1. The van der Waals surface area contributed by atoms with Crippen molar-refractivity contribution in [3.05, 3.63) is 12.4 Å². The van der Waals surface area contributed by atoms with Crippen LogP contribution in [0.5, 0.6) is 0 Å². The molecule has 0 aliphatic heterocycles. The molecule has 0 rings (SSSR count). The number of nitrogens with two attached hydrogens (primary N) is 2. The summed E-state index contributed by atoms with van der Waals surface area (Å²) in [7, 11) is 0. The summed E-state index contributed by atoms with van der Waals surface area (Å²) in [5.41, 5.74) is 5.01. The van der Waals surface area contributed by atoms with E-state index < -0.39 is 0 Å². The van der Waals surface area contributed by atoms with E-state index in [1.54, 1.807) is 13.8 Å². The minimum absolute atomic E-state index is 0.0961. The molecular formula is C6H13N3O. The summed E-state index contributed by atoms with van der Waals surface area (Å²) in [6.45, 7) is 3.54. The first-order chi connectivity index (χ1) is 4.59. The van der Waals surface area contributed by atoms with Gasteiger partial charge in [0.2, 0.25) is 5.91 Å². The summed E-state index contributed by atoms with van der Waals surface area (Å²) >= 11 is 0. The third-order valence-electron chi connectivity index (χ3n) is 0.995. The second-order valence-corrected chi connectivity index (χ2v) is 2.24. The van der Waals surface area contributed by atoms with E-state index in [1.165, 1.54) is 12.4 Å². The van der Waals surface area contributed by atoms with Gasteiger partial charge in [-0.05, 0) is 0 Å². The van der Waals surface area contributed by atoms with Crippen LogP contribution in [-0.4, -0.2) is 10.9 Å². The van der Waals surface area contributed by atoms with Crippen LogP contribution in [0.2, 0.25) is 0 Å². The fourth-order valence-corrected chi connectivity index (χ4v) is 0.464. The zero-order valence-electron chi connectivity index (χ0n) is 6.24. The van der Waals surface area contributed by atoms with Crippen molar-refractivity contribution in [3.8, 4) is 0 Å². The first kappa shape index (κ1) is 8.97. The minimum atomic E-state index is -0.151. The van der Waals surface area contributed by atoms with Gasteiger partial charge in [0, 0.05) is 18.3 Å². The van der Waals surface area contributed by atoms with Gasteiger partial charge in [0.25, 0.3) is 0 Å². The van der Waals surface area contributed by atoms with Gasteiger partial charge in [-0.1, -0.05) is 13.8 Å². The van der Waals surface area contributed by atoms with Crippen molar-refractivity contribution in [2.24, 2.45) is 17.5 Å². The van der Waals surface area contributed by atoms with E-state index in [-0.39, 0.29) is 11.8 Å². The molecule has 4 N–H and O–H groups in total. The highest BCUT2D eigenvalue weighted by molar-refractivity contribution is 5.78. The SMILES string of the molecule is CC(C)C(=O)N(N)/C=C\N. The van der Waals surface area contributed by atoms with Gasteiger partial charge in [0.15, 0.2) is 0 Å². The van der Waals surface area contributed by atoms with Crippen LogP contribution >= 0.6 is 0 Å². The minimum Gasteiger partial charge on any atom is -0.403 e. The van der Waals surface area contributed by atoms with Gasteiger partial charge in [0.1, 0.15) is 0 Å². The third-order valence-corrected chi connectivity index (χ3v) is 0.995. The Morgan fingerprint density at radius 2 is 2.10 bits per heavy atom. The van der Waals surface area contributed by atoms with Gasteiger partial charge in [-0.3, -0.25) is 9.80 Å². The number of amides is 1. The predicted octanol–water partition coefficient (Wildman–Crippen LogP) is -0.225. The van der Waals surface area contributed by atoms with Crippen molar-refractivity contribution in [2.75, 3.05) is 0 Å². The Morgan fingerprint density at radius 1 is 1.60 bits per heavy atom. The van der Waals surface area contributed by atoms with Crippen molar-refractivity contribution >= 4 is 5.91 Å². The Kier molecular flexibility index (Phi) is 3.49. The van der Waals surface area contributed by atoms with Crippen molar-refractivity contribution in [1.29, 1.82) is 0 Å². The maximum Gasteiger partial charge on any atom is 0.243 e. The van der Waals surface area contributed by atoms with E-state index in [0.717, 1.165) is 5.01 Å². The third kappa shape index (κ3) is 2.50. The molecule has 4 nitrogen and oxygen atoms in total. The molecule has 0 radical (unpaired) electrons. The molecule has 58 valence electrons. The summed E-state index contributed by atoms with van der Waals surface area (Å²) in [4.78, 5) is 10.9. The molecule has 4 heteroatoms. The summed E-state index contributed by atoms with van der Waals surface area (Å²) in [6.07, 6.45) is 2.54. The molecule has 0 saturated carbocycles. The maximum atomic E-state index is 10.9. The van der Waals surface area contributed by atoms with Gasteiger partial charge < -0.3 is 5.73 Å². The molecule has 0 aromatic rings. The lowest BCUT2D eigenvalue weighted by Gasteiger charge is -2.12. The number of carbonyl (C=O) groups is 1. The highest BCUT2D eigenvalue weighted by atomic mass is 16.2. The van der Waals surface area contributed by atoms with E-state index >= 15 is 0 Å². The Bertz CT molecular complexity index is 142. The van der Waals surface area contributed by atoms with Gasteiger partial charge in [-0.25, -0.2) is 5.84 Å². The molecule has 0 aromatic heterocycles. The topological polar surface area (TPSA) is 72.3 Å². The van der Waals surface area contributed by atoms with Gasteiger partial charge in [-0.15, -0.1) is 0 Å². The Labute approximate surface area is 60.4 Å². The van der Waals surface area contributed by atoms with Crippen molar-refractivity contribution in [2.45, 2.75) is 13.8 Å². The van der Waals surface area contributed by atoms with E-state index in [9.17, 15) is 4.79 Å². The van der Waals surface area contributed by atoms with Crippen LogP contribution < -0.4 is 11.6 Å². The van der Waals surface area contributed by atoms with Gasteiger partial charge >= 0.3 is 0 Å². The van der Waals surface area contributed by atoms with E-state index in [0.29, 0.717) is 0 Å². The second kappa shape index (κ2) is 3.90. The highest BCUT2D eigenvalue weighted by Gasteiger charge is 2.09. The normalized spacial score (nSPS) is 10.8. The van der Waals surface area contributed by atoms with Crippen LogP contribution in [0.25, 0.3) is 0 Å². The molecule has 0 unspecified atom stereocenters. The lowest BCUT2D eigenvalue weighted by molar-refractivity contribution is -0.132. The molecule has 0 heterocycles. The molecule has 0 saturated heterocycles. The first-order valence-corrected chi connectivity index (χ1v) is 3.05. The highest BCUT2D eigenvalue weighted by Crippen LogP contribution is 1.95. The quantitative estimate of drug-likeness (QED) is 0.319. The predicted molar refractivity (Wildman–Crippen MR) is 39.2 cm³/mol. The number of carbonyl (C=O) groups excluding carboxylic acids is 1. The average Bonchev–Trinajstić information content (AvgIpc) is 1.87. The molecule has 0 fully saturated rings. The molecule has 0 bridgehead atoms. The van der Waals surface area contributed by atoms with Crippen molar-refractivity contribution < 1.29 is 4.79 Å². The van der Waals surface area contributed by atoms with E-state index in [4.69, 9.17) is 11.6 Å². The molecule has 0 aromatic carbocycles. The molecule has 1 amide bonds. The molecule has 0 spiro atoms.